The van der Waals surface area contributed by atoms with Gasteiger partial charge in [0.15, 0.2) is 0 Å². The van der Waals surface area contributed by atoms with Crippen LogP contribution in [0, 0.1) is 5.82 Å². The van der Waals surface area contributed by atoms with Crippen molar-refractivity contribution < 1.29 is 14.0 Å². The third-order valence-electron chi connectivity index (χ3n) is 4.20. The minimum absolute atomic E-state index is 0.142. The second-order valence-corrected chi connectivity index (χ2v) is 7.06. The van der Waals surface area contributed by atoms with Crippen LogP contribution in [-0.4, -0.2) is 34.5 Å². The summed E-state index contributed by atoms with van der Waals surface area (Å²) in [7, 11) is 0. The van der Waals surface area contributed by atoms with E-state index in [9.17, 15) is 14.0 Å². The van der Waals surface area contributed by atoms with Crippen LogP contribution in [0.3, 0.4) is 0 Å². The lowest BCUT2D eigenvalue weighted by Gasteiger charge is -2.25. The molecule has 3 amide bonds. The number of urea groups is 1. The van der Waals surface area contributed by atoms with Gasteiger partial charge in [-0.05, 0) is 36.8 Å². The number of carbonyl (C=O) groups excluding carboxylic acids is 2. The molecule has 2 N–H and O–H groups in total. The molecule has 1 heterocycles. The Kier molecular flexibility index (Phi) is 5.78. The SMILES string of the molecule is C[C@@H](NC(=O)[C@@H]1CSCN1C(=O)Nc1ccc(F)cc1)c1ccccc1. The Balaban J connectivity index is 1.62. The highest BCUT2D eigenvalue weighted by atomic mass is 32.2. The molecule has 26 heavy (non-hydrogen) atoms. The second kappa shape index (κ2) is 8.23. The van der Waals surface area contributed by atoms with E-state index in [1.807, 2.05) is 37.3 Å². The van der Waals surface area contributed by atoms with E-state index in [0.29, 0.717) is 17.3 Å². The summed E-state index contributed by atoms with van der Waals surface area (Å²) in [6.07, 6.45) is 0. The number of nitrogens with zero attached hydrogens (tertiary/aromatic N) is 1. The number of hydrogen-bond acceptors (Lipinski definition) is 3. The van der Waals surface area contributed by atoms with Gasteiger partial charge in [-0.3, -0.25) is 4.79 Å². The third kappa shape index (κ3) is 4.35. The van der Waals surface area contributed by atoms with Crippen LogP contribution in [0.15, 0.2) is 54.6 Å². The molecule has 3 rings (SSSR count). The highest BCUT2D eigenvalue weighted by Crippen LogP contribution is 2.23. The molecule has 136 valence electrons. The van der Waals surface area contributed by atoms with E-state index in [2.05, 4.69) is 10.6 Å². The molecule has 1 aliphatic heterocycles. The van der Waals surface area contributed by atoms with Gasteiger partial charge in [0.25, 0.3) is 0 Å². The maximum atomic E-state index is 13.0. The highest BCUT2D eigenvalue weighted by molar-refractivity contribution is 7.99. The Labute approximate surface area is 156 Å². The molecular weight excluding hydrogens is 353 g/mol. The van der Waals surface area contributed by atoms with Crippen molar-refractivity contribution in [3.63, 3.8) is 0 Å². The lowest BCUT2D eigenvalue weighted by atomic mass is 10.1. The summed E-state index contributed by atoms with van der Waals surface area (Å²) in [5.41, 5.74) is 1.50. The first-order valence-electron chi connectivity index (χ1n) is 8.31. The molecule has 0 unspecified atom stereocenters. The van der Waals surface area contributed by atoms with Crippen molar-refractivity contribution in [1.29, 1.82) is 0 Å². The smallest absolute Gasteiger partial charge is 0.323 e. The van der Waals surface area contributed by atoms with E-state index in [1.54, 1.807) is 0 Å². The van der Waals surface area contributed by atoms with Crippen LogP contribution in [-0.2, 0) is 4.79 Å². The van der Waals surface area contributed by atoms with Crippen molar-refractivity contribution in [1.82, 2.24) is 10.2 Å². The average molecular weight is 373 g/mol. The minimum atomic E-state index is -0.536. The zero-order valence-corrected chi connectivity index (χ0v) is 15.1. The maximum Gasteiger partial charge on any atom is 0.323 e. The van der Waals surface area contributed by atoms with Crippen molar-refractivity contribution in [3.8, 4) is 0 Å². The number of benzene rings is 2. The van der Waals surface area contributed by atoms with Crippen molar-refractivity contribution >= 4 is 29.4 Å². The Hall–Kier alpha value is -2.54. The van der Waals surface area contributed by atoms with Crippen LogP contribution in [0.4, 0.5) is 14.9 Å². The molecular formula is C19H20FN3O2S. The minimum Gasteiger partial charge on any atom is -0.348 e. The molecule has 0 radical (unpaired) electrons. The molecule has 2 aromatic rings. The molecule has 5 nitrogen and oxygen atoms in total. The second-order valence-electron chi connectivity index (χ2n) is 6.06. The Morgan fingerprint density at radius 1 is 1.15 bits per heavy atom. The number of rotatable bonds is 4. The third-order valence-corrected chi connectivity index (χ3v) is 5.21. The van der Waals surface area contributed by atoms with Gasteiger partial charge in [-0.15, -0.1) is 11.8 Å². The number of carbonyl (C=O) groups is 2. The number of halogens is 1. The topological polar surface area (TPSA) is 61.4 Å². The predicted octanol–water partition coefficient (Wildman–Crippen LogP) is 3.61. The fourth-order valence-electron chi connectivity index (χ4n) is 2.72. The van der Waals surface area contributed by atoms with Crippen LogP contribution >= 0.6 is 11.8 Å². The monoisotopic (exact) mass is 373 g/mol. The average Bonchev–Trinajstić information content (AvgIpc) is 3.14. The molecule has 2 aromatic carbocycles. The Morgan fingerprint density at radius 2 is 1.85 bits per heavy atom. The Morgan fingerprint density at radius 3 is 2.54 bits per heavy atom. The van der Waals surface area contributed by atoms with Crippen molar-refractivity contribution in [3.05, 3.63) is 66.0 Å². The van der Waals surface area contributed by atoms with Gasteiger partial charge in [0.1, 0.15) is 11.9 Å². The molecule has 0 saturated carbocycles. The summed E-state index contributed by atoms with van der Waals surface area (Å²) < 4.78 is 13.0. The van der Waals surface area contributed by atoms with E-state index in [1.165, 1.54) is 40.9 Å². The quantitative estimate of drug-likeness (QED) is 0.861. The van der Waals surface area contributed by atoms with E-state index in [-0.39, 0.29) is 23.8 Å². The number of amides is 3. The summed E-state index contributed by atoms with van der Waals surface area (Å²) in [6.45, 7) is 1.91. The van der Waals surface area contributed by atoms with Gasteiger partial charge in [0.2, 0.25) is 5.91 Å². The largest absolute Gasteiger partial charge is 0.348 e. The zero-order valence-electron chi connectivity index (χ0n) is 14.3. The molecule has 1 fully saturated rings. The number of nitrogens with one attached hydrogen (secondary N) is 2. The lowest BCUT2D eigenvalue weighted by molar-refractivity contribution is -0.124. The first kappa shape index (κ1) is 18.3. The maximum absolute atomic E-state index is 13.0. The number of hydrogen-bond donors (Lipinski definition) is 2. The first-order valence-corrected chi connectivity index (χ1v) is 9.46. The summed E-state index contributed by atoms with van der Waals surface area (Å²) in [5.74, 6) is 0.433. The van der Waals surface area contributed by atoms with Gasteiger partial charge in [0, 0.05) is 11.4 Å². The molecule has 1 saturated heterocycles. The van der Waals surface area contributed by atoms with Crippen LogP contribution in [0.1, 0.15) is 18.5 Å². The van der Waals surface area contributed by atoms with Crippen molar-refractivity contribution in [2.75, 3.05) is 16.9 Å². The van der Waals surface area contributed by atoms with Gasteiger partial charge >= 0.3 is 6.03 Å². The lowest BCUT2D eigenvalue weighted by Crippen LogP contribution is -2.49. The molecule has 0 spiro atoms. The summed E-state index contributed by atoms with van der Waals surface area (Å²) in [4.78, 5) is 26.6. The van der Waals surface area contributed by atoms with Gasteiger partial charge in [-0.25, -0.2) is 9.18 Å². The van der Waals surface area contributed by atoms with Gasteiger partial charge < -0.3 is 15.5 Å². The van der Waals surface area contributed by atoms with Crippen molar-refractivity contribution in [2.24, 2.45) is 0 Å². The summed E-state index contributed by atoms with van der Waals surface area (Å²) in [5, 5.41) is 5.68. The first-order chi connectivity index (χ1) is 12.5. The van der Waals surface area contributed by atoms with E-state index >= 15 is 0 Å². The standard InChI is InChI=1S/C19H20FN3O2S/c1-13(14-5-3-2-4-6-14)21-18(24)17-11-26-12-23(17)19(25)22-16-9-7-15(20)8-10-16/h2-10,13,17H,11-12H2,1H3,(H,21,24)(H,22,25)/t13-,17+/m1/s1. The van der Waals surface area contributed by atoms with Gasteiger partial charge in [-0.2, -0.15) is 0 Å². The fourth-order valence-corrected chi connectivity index (χ4v) is 3.88. The van der Waals surface area contributed by atoms with Crippen LogP contribution in [0.5, 0.6) is 0 Å². The normalized spacial score (nSPS) is 17.6. The zero-order chi connectivity index (χ0) is 18.5. The van der Waals surface area contributed by atoms with Crippen LogP contribution < -0.4 is 10.6 Å². The molecule has 0 bridgehead atoms. The highest BCUT2D eigenvalue weighted by Gasteiger charge is 2.35. The van der Waals surface area contributed by atoms with Crippen LogP contribution in [0.2, 0.25) is 0 Å². The molecule has 1 aliphatic rings. The van der Waals surface area contributed by atoms with Gasteiger partial charge in [0.05, 0.1) is 11.9 Å². The number of thioether (sulfide) groups is 1. The Bertz CT molecular complexity index is 770. The number of anilines is 1. The summed E-state index contributed by atoms with van der Waals surface area (Å²) in [6, 6.07) is 14.2. The van der Waals surface area contributed by atoms with Gasteiger partial charge in [-0.1, -0.05) is 30.3 Å². The molecule has 0 aromatic heterocycles. The van der Waals surface area contributed by atoms with E-state index in [0.717, 1.165) is 5.56 Å². The van der Waals surface area contributed by atoms with E-state index < -0.39 is 6.04 Å². The fraction of sp³-hybridized carbons (Fsp3) is 0.263. The molecule has 7 heteroatoms. The molecule has 0 aliphatic carbocycles. The van der Waals surface area contributed by atoms with Crippen LogP contribution in [0.25, 0.3) is 0 Å². The molecule has 2 atom stereocenters. The summed E-state index contributed by atoms with van der Waals surface area (Å²) >= 11 is 1.53. The van der Waals surface area contributed by atoms with Crippen molar-refractivity contribution in [2.45, 2.75) is 19.0 Å². The predicted molar refractivity (Wildman–Crippen MR) is 101 cm³/mol. The van der Waals surface area contributed by atoms with E-state index in [4.69, 9.17) is 0 Å².